The van der Waals surface area contributed by atoms with Crippen molar-refractivity contribution in [3.8, 4) is 11.8 Å². The quantitative estimate of drug-likeness (QED) is 0.121. The number of hydrogen-bond donors (Lipinski definition) is 1. The van der Waals surface area contributed by atoms with E-state index in [0.717, 1.165) is 22.4 Å². The maximum absolute atomic E-state index is 13.0. The molecule has 7 nitrogen and oxygen atoms in total. The molecule has 0 aromatic heterocycles. The lowest BCUT2D eigenvalue weighted by Gasteiger charge is -2.13. The Labute approximate surface area is 216 Å². The van der Waals surface area contributed by atoms with Crippen molar-refractivity contribution < 1.29 is 14.5 Å². The Kier molecular flexibility index (Phi) is 7.50. The van der Waals surface area contributed by atoms with Gasteiger partial charge in [-0.1, -0.05) is 71.7 Å². The number of nitro benzene ring substituents is 1. The number of rotatable bonds is 7. The van der Waals surface area contributed by atoms with Gasteiger partial charge in [-0.25, -0.2) is 0 Å². The van der Waals surface area contributed by atoms with Crippen molar-refractivity contribution in [2.24, 2.45) is 0 Å². The van der Waals surface area contributed by atoms with Gasteiger partial charge in [-0.3, -0.25) is 14.9 Å². The number of benzene rings is 4. The Morgan fingerprint density at radius 1 is 1.06 bits per heavy atom. The van der Waals surface area contributed by atoms with E-state index in [1.54, 1.807) is 12.1 Å². The minimum Gasteiger partial charge on any atom is -0.488 e. The minimum absolute atomic E-state index is 0.0799. The predicted molar refractivity (Wildman–Crippen MR) is 140 cm³/mol. The molecule has 0 aliphatic rings. The number of nitrogens with one attached hydrogen (secondary N) is 1. The van der Waals surface area contributed by atoms with Crippen molar-refractivity contribution in [2.75, 3.05) is 5.32 Å². The van der Waals surface area contributed by atoms with E-state index in [-0.39, 0.29) is 28.6 Å². The number of ether oxygens (including phenoxy) is 1. The van der Waals surface area contributed by atoms with Crippen LogP contribution in [-0.4, -0.2) is 10.8 Å². The average molecular weight is 518 g/mol. The van der Waals surface area contributed by atoms with E-state index in [9.17, 15) is 20.2 Å². The van der Waals surface area contributed by atoms with E-state index in [0.29, 0.717) is 16.3 Å². The number of fused-ring (bicyclic) bond motifs is 1. The molecule has 0 atom stereocenters. The molecular weight excluding hydrogens is 501 g/mol. The van der Waals surface area contributed by atoms with Gasteiger partial charge in [0, 0.05) is 27.2 Å². The van der Waals surface area contributed by atoms with Crippen molar-refractivity contribution >= 4 is 57.3 Å². The second-order valence-electron chi connectivity index (χ2n) is 7.62. The molecule has 4 aromatic carbocycles. The Bertz CT molecular complexity index is 1560. The van der Waals surface area contributed by atoms with Gasteiger partial charge >= 0.3 is 0 Å². The van der Waals surface area contributed by atoms with Crippen LogP contribution in [0.5, 0.6) is 5.75 Å². The Balaban J connectivity index is 1.72. The molecule has 0 bridgehead atoms. The van der Waals surface area contributed by atoms with Crippen molar-refractivity contribution in [1.29, 1.82) is 5.26 Å². The van der Waals surface area contributed by atoms with Crippen LogP contribution in [0.3, 0.4) is 0 Å². The van der Waals surface area contributed by atoms with Gasteiger partial charge in [0.25, 0.3) is 11.6 Å². The van der Waals surface area contributed by atoms with Gasteiger partial charge in [-0.15, -0.1) is 0 Å². The molecule has 0 heterocycles. The summed E-state index contributed by atoms with van der Waals surface area (Å²) < 4.78 is 6.05. The lowest BCUT2D eigenvalue weighted by Crippen LogP contribution is -2.14. The van der Waals surface area contributed by atoms with E-state index in [4.69, 9.17) is 27.9 Å². The van der Waals surface area contributed by atoms with Gasteiger partial charge in [0.15, 0.2) is 0 Å². The first-order chi connectivity index (χ1) is 17.4. The van der Waals surface area contributed by atoms with Gasteiger partial charge in [-0.2, -0.15) is 5.26 Å². The molecule has 0 aliphatic heterocycles. The summed E-state index contributed by atoms with van der Waals surface area (Å²) in [5.74, 6) is -0.375. The van der Waals surface area contributed by atoms with Crippen LogP contribution in [-0.2, 0) is 11.4 Å². The summed E-state index contributed by atoms with van der Waals surface area (Å²) in [7, 11) is 0. The molecule has 1 N–H and O–H groups in total. The van der Waals surface area contributed by atoms with Crippen molar-refractivity contribution in [1.82, 2.24) is 0 Å². The summed E-state index contributed by atoms with van der Waals surface area (Å²) in [4.78, 5) is 23.7. The van der Waals surface area contributed by atoms with Gasteiger partial charge in [0.2, 0.25) is 0 Å². The van der Waals surface area contributed by atoms with Crippen LogP contribution >= 0.6 is 23.2 Å². The van der Waals surface area contributed by atoms with Gasteiger partial charge < -0.3 is 10.1 Å². The van der Waals surface area contributed by atoms with Crippen LogP contribution < -0.4 is 10.1 Å². The lowest BCUT2D eigenvalue weighted by molar-refractivity contribution is -0.383. The van der Waals surface area contributed by atoms with E-state index < -0.39 is 10.8 Å². The van der Waals surface area contributed by atoms with Crippen LogP contribution in [0.2, 0.25) is 10.0 Å². The maximum atomic E-state index is 13.0. The monoisotopic (exact) mass is 517 g/mol. The highest BCUT2D eigenvalue weighted by atomic mass is 35.5. The van der Waals surface area contributed by atoms with E-state index in [1.165, 1.54) is 18.2 Å². The topological polar surface area (TPSA) is 105 Å². The normalized spacial score (nSPS) is 11.1. The van der Waals surface area contributed by atoms with Crippen LogP contribution in [0.4, 0.5) is 11.4 Å². The molecule has 4 aromatic rings. The first-order valence-electron chi connectivity index (χ1n) is 10.6. The molecule has 178 valence electrons. The SMILES string of the molecule is N#CC(=Cc1c(OCc2ccccc2Cl)ccc2ccccc12)C(=O)Nc1ccc(Cl)cc1[N+](=O)[O-]. The van der Waals surface area contributed by atoms with Crippen molar-refractivity contribution in [2.45, 2.75) is 6.61 Å². The first kappa shape index (κ1) is 24.7. The van der Waals surface area contributed by atoms with E-state index in [1.807, 2.05) is 54.6 Å². The first-order valence-corrected chi connectivity index (χ1v) is 11.4. The summed E-state index contributed by atoms with van der Waals surface area (Å²) in [6.07, 6.45) is 1.40. The van der Waals surface area contributed by atoms with Gasteiger partial charge in [-0.05, 0) is 41.1 Å². The van der Waals surface area contributed by atoms with Crippen molar-refractivity contribution in [3.63, 3.8) is 0 Å². The summed E-state index contributed by atoms with van der Waals surface area (Å²) >= 11 is 12.1. The summed E-state index contributed by atoms with van der Waals surface area (Å²) in [6, 6.07) is 24.1. The zero-order valence-electron chi connectivity index (χ0n) is 18.6. The molecule has 1 amide bonds. The fraction of sp³-hybridized carbons (Fsp3) is 0.0370. The predicted octanol–water partition coefficient (Wildman–Crippen LogP) is 7.18. The Morgan fingerprint density at radius 2 is 1.81 bits per heavy atom. The highest BCUT2D eigenvalue weighted by Crippen LogP contribution is 2.32. The molecule has 0 fully saturated rings. The second kappa shape index (κ2) is 10.9. The summed E-state index contributed by atoms with van der Waals surface area (Å²) in [5.41, 5.74) is 0.553. The van der Waals surface area contributed by atoms with E-state index >= 15 is 0 Å². The zero-order chi connectivity index (χ0) is 25.7. The number of nitro groups is 1. The average Bonchev–Trinajstić information content (AvgIpc) is 2.88. The van der Waals surface area contributed by atoms with Crippen LogP contribution in [0.25, 0.3) is 16.8 Å². The lowest BCUT2D eigenvalue weighted by atomic mass is 10.0. The molecule has 0 unspecified atom stereocenters. The van der Waals surface area contributed by atoms with Crippen LogP contribution in [0.15, 0.2) is 84.4 Å². The Morgan fingerprint density at radius 3 is 2.56 bits per heavy atom. The molecule has 4 rings (SSSR count). The number of amides is 1. The summed E-state index contributed by atoms with van der Waals surface area (Å²) in [6.45, 7) is 0.171. The minimum atomic E-state index is -0.812. The number of halogens is 2. The number of hydrogen-bond acceptors (Lipinski definition) is 5. The fourth-order valence-electron chi connectivity index (χ4n) is 3.57. The Hall–Kier alpha value is -4.38. The molecule has 0 radical (unpaired) electrons. The highest BCUT2D eigenvalue weighted by molar-refractivity contribution is 6.31. The fourth-order valence-corrected chi connectivity index (χ4v) is 3.92. The third-order valence-corrected chi connectivity index (χ3v) is 5.93. The zero-order valence-corrected chi connectivity index (χ0v) is 20.1. The molecule has 0 spiro atoms. The third kappa shape index (κ3) is 5.47. The number of carbonyl (C=O) groups is 1. The van der Waals surface area contributed by atoms with Gasteiger partial charge in [0.1, 0.15) is 29.7 Å². The van der Waals surface area contributed by atoms with Crippen molar-refractivity contribution in [3.05, 3.63) is 116 Å². The number of nitriles is 1. The molecular formula is C27H17Cl2N3O4. The molecule has 36 heavy (non-hydrogen) atoms. The molecule has 9 heteroatoms. The van der Waals surface area contributed by atoms with Crippen LogP contribution in [0.1, 0.15) is 11.1 Å². The van der Waals surface area contributed by atoms with Gasteiger partial charge in [0.05, 0.1) is 4.92 Å². The number of nitrogens with zero attached hydrogens (tertiary/aromatic N) is 2. The molecule has 0 saturated carbocycles. The maximum Gasteiger partial charge on any atom is 0.294 e. The highest BCUT2D eigenvalue weighted by Gasteiger charge is 2.19. The number of anilines is 1. The summed E-state index contributed by atoms with van der Waals surface area (Å²) in [5, 5.41) is 25.9. The largest absolute Gasteiger partial charge is 0.488 e. The van der Waals surface area contributed by atoms with E-state index in [2.05, 4.69) is 5.32 Å². The standard InChI is InChI=1S/C27H17Cl2N3O4/c28-20-10-11-24(25(14-20)32(34)35)31-27(33)19(15-30)13-22-21-7-3-1-5-17(21)9-12-26(22)36-16-18-6-2-4-8-23(18)29/h1-14H,16H2,(H,31,33). The second-order valence-corrected chi connectivity index (χ2v) is 8.46. The number of carbonyl (C=O) groups excluding carboxylic acids is 1. The smallest absolute Gasteiger partial charge is 0.294 e. The molecule has 0 saturated heterocycles. The molecule has 0 aliphatic carbocycles. The van der Waals surface area contributed by atoms with Crippen LogP contribution in [0, 0.1) is 21.4 Å². The third-order valence-electron chi connectivity index (χ3n) is 5.33.